The van der Waals surface area contributed by atoms with Crippen LogP contribution in [0.2, 0.25) is 0 Å². The first-order chi connectivity index (χ1) is 8.98. The Hall–Kier alpha value is -1.43. The summed E-state index contributed by atoms with van der Waals surface area (Å²) in [6, 6.07) is 1.43. The van der Waals surface area contributed by atoms with Crippen LogP contribution in [-0.4, -0.2) is 33.6 Å². The van der Waals surface area contributed by atoms with E-state index >= 15 is 0 Å². The van der Waals surface area contributed by atoms with E-state index in [0.29, 0.717) is 18.1 Å². The Kier molecular flexibility index (Phi) is 5.47. The smallest absolute Gasteiger partial charge is 0.339 e. The van der Waals surface area contributed by atoms with Gasteiger partial charge in [0.1, 0.15) is 11.4 Å². The topological polar surface area (TPSA) is 88.2 Å². The van der Waals surface area contributed by atoms with E-state index in [1.807, 2.05) is 0 Å². The van der Waals surface area contributed by atoms with Crippen molar-refractivity contribution >= 4 is 29.2 Å². The van der Waals surface area contributed by atoms with Gasteiger partial charge in [0, 0.05) is 11.3 Å². The number of hydrogen-bond donors (Lipinski definition) is 3. The van der Waals surface area contributed by atoms with Crippen LogP contribution in [0, 0.1) is 0 Å². The number of carboxylic acids is 1. The number of nitrogens with one attached hydrogen (secondary N) is 1. The Balaban J connectivity index is 2.91. The molecule has 0 unspecified atom stereocenters. The van der Waals surface area contributed by atoms with E-state index in [1.165, 1.54) is 12.3 Å². The van der Waals surface area contributed by atoms with Crippen LogP contribution in [0.15, 0.2) is 12.3 Å². The molecule has 0 spiro atoms. The van der Waals surface area contributed by atoms with Crippen molar-refractivity contribution < 1.29 is 9.90 Å². The zero-order valence-corrected chi connectivity index (χ0v) is 12.4. The number of rotatable bonds is 7. The van der Waals surface area contributed by atoms with Crippen molar-refractivity contribution in [1.82, 2.24) is 4.98 Å². The average Bonchev–Trinajstić information content (AvgIpc) is 2.42. The summed E-state index contributed by atoms with van der Waals surface area (Å²) in [5, 5.41) is 12.3. The Bertz CT molecular complexity index is 439. The quantitative estimate of drug-likeness (QED) is 0.713. The maximum absolute atomic E-state index is 11.2. The van der Waals surface area contributed by atoms with Gasteiger partial charge in [-0.25, -0.2) is 9.78 Å². The Labute approximate surface area is 118 Å². The van der Waals surface area contributed by atoms with E-state index in [4.69, 9.17) is 10.8 Å². The van der Waals surface area contributed by atoms with Crippen molar-refractivity contribution in [3.8, 4) is 0 Å². The van der Waals surface area contributed by atoms with Crippen LogP contribution >= 0.6 is 11.8 Å². The van der Waals surface area contributed by atoms with Crippen LogP contribution in [0.1, 0.15) is 37.0 Å². The van der Waals surface area contributed by atoms with Crippen molar-refractivity contribution in [1.29, 1.82) is 0 Å². The fraction of sp³-hybridized carbons (Fsp3) is 0.538. The van der Waals surface area contributed by atoms with Gasteiger partial charge < -0.3 is 16.2 Å². The molecule has 1 rings (SSSR count). The van der Waals surface area contributed by atoms with Crippen molar-refractivity contribution in [2.24, 2.45) is 0 Å². The highest BCUT2D eigenvalue weighted by atomic mass is 32.2. The lowest BCUT2D eigenvalue weighted by Gasteiger charge is -2.30. The minimum absolute atomic E-state index is 0.0961. The molecular weight excluding hydrogens is 262 g/mol. The van der Waals surface area contributed by atoms with Crippen molar-refractivity contribution in [2.45, 2.75) is 31.4 Å². The Morgan fingerprint density at radius 2 is 2.16 bits per heavy atom. The third kappa shape index (κ3) is 3.76. The van der Waals surface area contributed by atoms with Gasteiger partial charge in [-0.3, -0.25) is 0 Å². The normalized spacial score (nSPS) is 11.3. The number of nitrogens with two attached hydrogens (primary N) is 1. The van der Waals surface area contributed by atoms with Gasteiger partial charge in [0.05, 0.1) is 11.9 Å². The molecule has 0 saturated carbocycles. The number of hydrogen-bond acceptors (Lipinski definition) is 5. The van der Waals surface area contributed by atoms with E-state index in [9.17, 15) is 4.79 Å². The molecule has 5 nitrogen and oxygen atoms in total. The highest BCUT2D eigenvalue weighted by Crippen LogP contribution is 2.31. The lowest BCUT2D eigenvalue weighted by Crippen LogP contribution is -2.32. The van der Waals surface area contributed by atoms with Crippen LogP contribution in [0.4, 0.5) is 11.5 Å². The van der Waals surface area contributed by atoms with Crippen LogP contribution in [0.25, 0.3) is 0 Å². The van der Waals surface area contributed by atoms with E-state index in [1.54, 1.807) is 11.8 Å². The van der Waals surface area contributed by atoms with Gasteiger partial charge in [-0.1, -0.05) is 13.8 Å². The number of nitrogen functional groups attached to an aromatic ring is 1. The molecule has 0 radical (unpaired) electrons. The molecule has 1 aromatic rings. The third-order valence-electron chi connectivity index (χ3n) is 3.44. The predicted octanol–water partition coefficient (Wildman–Crippen LogP) is 2.70. The van der Waals surface area contributed by atoms with Crippen LogP contribution in [-0.2, 0) is 0 Å². The Morgan fingerprint density at radius 3 is 2.63 bits per heavy atom. The second-order valence-corrected chi connectivity index (χ2v) is 5.69. The van der Waals surface area contributed by atoms with Gasteiger partial charge in [-0.2, -0.15) is 11.8 Å². The second-order valence-electron chi connectivity index (χ2n) is 4.42. The van der Waals surface area contributed by atoms with Crippen molar-refractivity contribution in [3.63, 3.8) is 0 Å². The first kappa shape index (κ1) is 15.6. The van der Waals surface area contributed by atoms with Gasteiger partial charge >= 0.3 is 5.97 Å². The second kappa shape index (κ2) is 6.65. The number of thioether (sulfide) groups is 1. The first-order valence-corrected chi connectivity index (χ1v) is 7.48. The molecule has 0 aromatic carbocycles. The monoisotopic (exact) mass is 283 g/mol. The van der Waals surface area contributed by atoms with Gasteiger partial charge in [-0.15, -0.1) is 0 Å². The maximum Gasteiger partial charge on any atom is 0.339 e. The summed E-state index contributed by atoms with van der Waals surface area (Å²) >= 11 is 1.79. The molecule has 6 heteroatoms. The SMILES string of the molecule is CCC(CC)(CNc1ncc(N)cc1C(=O)O)SC. The molecule has 0 aliphatic heterocycles. The van der Waals surface area contributed by atoms with Gasteiger partial charge in [0.2, 0.25) is 0 Å². The number of aromatic nitrogens is 1. The van der Waals surface area contributed by atoms with Crippen molar-refractivity contribution in [3.05, 3.63) is 17.8 Å². The van der Waals surface area contributed by atoms with E-state index < -0.39 is 5.97 Å². The summed E-state index contributed by atoms with van der Waals surface area (Å²) in [6.45, 7) is 4.95. The average molecular weight is 283 g/mol. The Morgan fingerprint density at radius 1 is 1.53 bits per heavy atom. The summed E-state index contributed by atoms with van der Waals surface area (Å²) in [6.07, 6.45) is 5.56. The number of carboxylic acid groups (broad SMARTS) is 1. The summed E-state index contributed by atoms with van der Waals surface area (Å²) in [4.78, 5) is 15.2. The summed E-state index contributed by atoms with van der Waals surface area (Å²) in [7, 11) is 0. The molecule has 4 N–H and O–H groups in total. The van der Waals surface area contributed by atoms with Crippen LogP contribution < -0.4 is 11.1 Å². The van der Waals surface area contributed by atoms with E-state index in [2.05, 4.69) is 30.4 Å². The zero-order valence-electron chi connectivity index (χ0n) is 11.6. The maximum atomic E-state index is 11.2. The largest absolute Gasteiger partial charge is 0.478 e. The number of pyridine rings is 1. The van der Waals surface area contributed by atoms with E-state index in [0.717, 1.165) is 12.8 Å². The summed E-state index contributed by atoms with van der Waals surface area (Å²) in [5.41, 5.74) is 6.03. The lowest BCUT2D eigenvalue weighted by molar-refractivity contribution is 0.0697. The predicted molar refractivity (Wildman–Crippen MR) is 80.9 cm³/mol. The lowest BCUT2D eigenvalue weighted by atomic mass is 10.0. The number of carbonyl (C=O) groups is 1. The van der Waals surface area contributed by atoms with Gasteiger partial charge in [-0.05, 0) is 25.2 Å². The third-order valence-corrected chi connectivity index (χ3v) is 5.03. The minimum Gasteiger partial charge on any atom is -0.478 e. The highest BCUT2D eigenvalue weighted by molar-refractivity contribution is 8.00. The number of aromatic carboxylic acids is 1. The molecule has 19 heavy (non-hydrogen) atoms. The van der Waals surface area contributed by atoms with Crippen molar-refractivity contribution in [2.75, 3.05) is 23.9 Å². The first-order valence-electron chi connectivity index (χ1n) is 6.26. The molecular formula is C13H21N3O2S. The summed E-state index contributed by atoms with van der Waals surface area (Å²) < 4.78 is 0.0961. The molecule has 0 aliphatic carbocycles. The number of nitrogens with zero attached hydrogens (tertiary/aromatic N) is 1. The molecule has 0 aliphatic rings. The molecule has 1 aromatic heterocycles. The standard InChI is InChI=1S/C13H21N3O2S/c1-4-13(5-2,19-3)8-16-11-10(12(17)18)6-9(14)7-15-11/h6-7H,4-5,8,14H2,1-3H3,(H,15,16)(H,17,18). The fourth-order valence-corrected chi connectivity index (χ4v) is 2.68. The molecule has 0 bridgehead atoms. The van der Waals surface area contributed by atoms with E-state index in [-0.39, 0.29) is 10.3 Å². The van der Waals surface area contributed by atoms with Crippen LogP contribution in [0.5, 0.6) is 0 Å². The highest BCUT2D eigenvalue weighted by Gasteiger charge is 2.25. The van der Waals surface area contributed by atoms with Gasteiger partial charge in [0.25, 0.3) is 0 Å². The zero-order chi connectivity index (χ0) is 14.5. The molecule has 0 saturated heterocycles. The van der Waals surface area contributed by atoms with Crippen LogP contribution in [0.3, 0.4) is 0 Å². The minimum atomic E-state index is -1.02. The fourth-order valence-electron chi connectivity index (χ4n) is 1.89. The summed E-state index contributed by atoms with van der Waals surface area (Å²) in [5.74, 6) is -0.646. The molecule has 0 amide bonds. The van der Waals surface area contributed by atoms with Gasteiger partial charge in [0.15, 0.2) is 0 Å². The number of anilines is 2. The molecule has 106 valence electrons. The molecule has 1 heterocycles. The molecule has 0 atom stereocenters. The molecule has 0 fully saturated rings.